The first-order chi connectivity index (χ1) is 7.77. The van der Waals surface area contributed by atoms with E-state index in [0.717, 1.165) is 25.0 Å². The minimum Gasteiger partial charge on any atom is -0.490 e. The van der Waals surface area contributed by atoms with E-state index in [9.17, 15) is 4.39 Å². The quantitative estimate of drug-likeness (QED) is 0.454. The van der Waals surface area contributed by atoms with Gasteiger partial charge < -0.3 is 4.74 Å². The average Bonchev–Trinajstić information content (AvgIpc) is 2.35. The highest BCUT2D eigenvalue weighted by Gasteiger charge is 2.10. The fourth-order valence-corrected chi connectivity index (χ4v) is 1.95. The van der Waals surface area contributed by atoms with Gasteiger partial charge in [0.2, 0.25) is 0 Å². The van der Waals surface area contributed by atoms with E-state index in [-0.39, 0.29) is 5.76 Å². The zero-order chi connectivity index (χ0) is 11.8. The molecule has 0 N–H and O–H groups in total. The Morgan fingerprint density at radius 2 is 2.06 bits per heavy atom. The molecule has 0 aromatic rings. The lowest BCUT2D eigenvalue weighted by molar-refractivity contribution is 0.142. The molecule has 16 heavy (non-hydrogen) atoms. The van der Waals surface area contributed by atoms with Crippen molar-refractivity contribution in [2.75, 3.05) is 26.2 Å². The van der Waals surface area contributed by atoms with Crippen LogP contribution in [0.3, 0.4) is 0 Å². The molecule has 1 saturated heterocycles. The normalized spacial score (nSPS) is 19.9. The lowest BCUT2D eigenvalue weighted by atomic mass is 10.1. The Balaban J connectivity index is 2.23. The smallest absolute Gasteiger partial charge is 0.170 e. The van der Waals surface area contributed by atoms with Crippen LogP contribution in [0.25, 0.3) is 0 Å². The Kier molecular flexibility index (Phi) is 6.57. The van der Waals surface area contributed by atoms with Crippen LogP contribution < -0.4 is 0 Å². The highest BCUT2D eigenvalue weighted by atomic mass is 32.1. The molecule has 2 nitrogen and oxygen atoms in total. The van der Waals surface area contributed by atoms with Gasteiger partial charge in [-0.25, -0.2) is 4.39 Å². The number of hydrogen-bond acceptors (Lipinski definition) is 3. The maximum atomic E-state index is 13.1. The summed E-state index contributed by atoms with van der Waals surface area (Å²) in [6.45, 7) is 5.44. The number of hydrogen-bond donors (Lipinski definition) is 1. The summed E-state index contributed by atoms with van der Waals surface area (Å²) in [6, 6.07) is 0. The number of thiol groups is 1. The highest BCUT2D eigenvalue weighted by molar-refractivity contribution is 7.83. The molecule has 1 aliphatic rings. The molecule has 0 saturated carbocycles. The van der Waals surface area contributed by atoms with Crippen LogP contribution in [-0.2, 0) is 4.74 Å². The summed E-state index contributed by atoms with van der Waals surface area (Å²) in [5, 5.41) is 1.12. The van der Waals surface area contributed by atoms with Crippen LogP contribution in [-0.4, -0.2) is 31.1 Å². The molecule has 0 unspecified atom stereocenters. The Hall–Kier alpha value is -0.480. The minimum absolute atomic E-state index is 0.284. The fraction of sp³-hybridized carbons (Fsp3) is 0.667. The zero-order valence-electron chi connectivity index (χ0n) is 9.79. The fourth-order valence-electron chi connectivity index (χ4n) is 1.82. The summed E-state index contributed by atoms with van der Waals surface area (Å²) >= 11 is 3.76. The SMILES string of the molecule is C/C=C(OCCN1CCCCC1)\C(F)=C/S. The standard InChI is InChI=1S/C12H20FNOS/c1-2-12(11(13)10-16)15-9-8-14-6-4-3-5-7-14/h2,10,16H,3-9H2,1H3/b11-10+,12-2+. The van der Waals surface area contributed by atoms with Crippen molar-refractivity contribution in [3.05, 3.63) is 23.1 Å². The first-order valence-electron chi connectivity index (χ1n) is 5.79. The van der Waals surface area contributed by atoms with Gasteiger partial charge in [-0.05, 0) is 38.9 Å². The van der Waals surface area contributed by atoms with Crippen molar-refractivity contribution in [1.29, 1.82) is 0 Å². The van der Waals surface area contributed by atoms with Crippen molar-refractivity contribution in [3.63, 3.8) is 0 Å². The first kappa shape index (κ1) is 13.6. The van der Waals surface area contributed by atoms with Crippen LogP contribution in [0.15, 0.2) is 23.1 Å². The second kappa shape index (κ2) is 7.74. The molecule has 0 atom stereocenters. The molecule has 0 amide bonds. The lowest BCUT2D eigenvalue weighted by Gasteiger charge is -2.26. The van der Waals surface area contributed by atoms with Crippen molar-refractivity contribution in [1.82, 2.24) is 4.90 Å². The lowest BCUT2D eigenvalue weighted by Crippen LogP contribution is -2.32. The monoisotopic (exact) mass is 245 g/mol. The number of nitrogens with zero attached hydrogens (tertiary/aromatic N) is 1. The van der Waals surface area contributed by atoms with Gasteiger partial charge in [-0.1, -0.05) is 6.42 Å². The molecule has 1 heterocycles. The molecule has 1 aliphatic heterocycles. The molecule has 1 rings (SSSR count). The predicted octanol–water partition coefficient (Wildman–Crippen LogP) is 3.13. The second-order valence-corrected chi connectivity index (χ2v) is 4.14. The minimum atomic E-state index is -0.413. The zero-order valence-corrected chi connectivity index (χ0v) is 10.7. The van der Waals surface area contributed by atoms with E-state index in [2.05, 4.69) is 17.5 Å². The van der Waals surface area contributed by atoms with Gasteiger partial charge in [-0.15, -0.1) is 12.6 Å². The van der Waals surface area contributed by atoms with Crippen molar-refractivity contribution < 1.29 is 9.13 Å². The van der Waals surface area contributed by atoms with Gasteiger partial charge in [0.05, 0.1) is 0 Å². The summed E-state index contributed by atoms with van der Waals surface area (Å²) in [7, 11) is 0. The van der Waals surface area contributed by atoms with Crippen LogP contribution in [0.1, 0.15) is 26.2 Å². The third-order valence-corrected chi connectivity index (χ3v) is 2.95. The van der Waals surface area contributed by atoms with Crippen LogP contribution in [0, 0.1) is 0 Å². The number of ether oxygens (including phenoxy) is 1. The number of halogens is 1. The number of piperidine rings is 1. The first-order valence-corrected chi connectivity index (χ1v) is 6.31. The van der Waals surface area contributed by atoms with E-state index < -0.39 is 5.83 Å². The summed E-state index contributed by atoms with van der Waals surface area (Å²) in [5.41, 5.74) is 0. The van der Waals surface area contributed by atoms with Crippen LogP contribution in [0.2, 0.25) is 0 Å². The Labute approximate surface area is 103 Å². The largest absolute Gasteiger partial charge is 0.490 e. The van der Waals surface area contributed by atoms with E-state index in [4.69, 9.17) is 4.74 Å². The highest BCUT2D eigenvalue weighted by Crippen LogP contribution is 2.14. The summed E-state index contributed by atoms with van der Waals surface area (Å²) in [5.74, 6) is -0.128. The van der Waals surface area contributed by atoms with E-state index in [1.54, 1.807) is 13.0 Å². The van der Waals surface area contributed by atoms with E-state index in [1.807, 2.05) is 0 Å². The Morgan fingerprint density at radius 3 is 2.62 bits per heavy atom. The van der Waals surface area contributed by atoms with Gasteiger partial charge in [0.1, 0.15) is 6.61 Å². The van der Waals surface area contributed by atoms with Gasteiger partial charge in [-0.3, -0.25) is 4.90 Å². The summed E-state index contributed by atoms with van der Waals surface area (Å²) in [4.78, 5) is 2.36. The van der Waals surface area contributed by atoms with Crippen molar-refractivity contribution in [2.24, 2.45) is 0 Å². The van der Waals surface area contributed by atoms with Crippen LogP contribution >= 0.6 is 12.6 Å². The van der Waals surface area contributed by atoms with E-state index in [0.29, 0.717) is 6.61 Å². The molecule has 0 spiro atoms. The second-order valence-electron chi connectivity index (χ2n) is 3.88. The molecule has 0 radical (unpaired) electrons. The number of allylic oxidation sites excluding steroid dienone is 2. The maximum absolute atomic E-state index is 13.1. The maximum Gasteiger partial charge on any atom is 0.170 e. The molecule has 4 heteroatoms. The molecule has 0 aromatic heterocycles. The topological polar surface area (TPSA) is 12.5 Å². The molecule has 1 fully saturated rings. The van der Waals surface area contributed by atoms with Gasteiger partial charge in [0.25, 0.3) is 0 Å². The molecule has 0 aromatic carbocycles. The van der Waals surface area contributed by atoms with Gasteiger partial charge in [0.15, 0.2) is 11.6 Å². The Bertz CT molecular complexity index is 260. The third kappa shape index (κ3) is 4.58. The summed E-state index contributed by atoms with van der Waals surface area (Å²) in [6.07, 6.45) is 5.48. The molecule has 0 bridgehead atoms. The number of rotatable bonds is 5. The molecular formula is C12H20FNOS. The average molecular weight is 245 g/mol. The van der Waals surface area contributed by atoms with E-state index >= 15 is 0 Å². The predicted molar refractivity (Wildman–Crippen MR) is 68.2 cm³/mol. The summed E-state index contributed by atoms with van der Waals surface area (Å²) < 4.78 is 18.5. The van der Waals surface area contributed by atoms with Crippen molar-refractivity contribution in [3.8, 4) is 0 Å². The molecule has 92 valence electrons. The van der Waals surface area contributed by atoms with Gasteiger partial charge in [0, 0.05) is 12.0 Å². The van der Waals surface area contributed by atoms with E-state index in [1.165, 1.54) is 19.3 Å². The number of likely N-dealkylation sites (tertiary alicyclic amines) is 1. The van der Waals surface area contributed by atoms with Crippen molar-refractivity contribution in [2.45, 2.75) is 26.2 Å². The van der Waals surface area contributed by atoms with Crippen molar-refractivity contribution >= 4 is 12.6 Å². The third-order valence-electron chi connectivity index (χ3n) is 2.72. The van der Waals surface area contributed by atoms with Gasteiger partial charge in [-0.2, -0.15) is 0 Å². The van der Waals surface area contributed by atoms with Crippen LogP contribution in [0.5, 0.6) is 0 Å². The van der Waals surface area contributed by atoms with Gasteiger partial charge >= 0.3 is 0 Å². The molecular weight excluding hydrogens is 225 g/mol. The van der Waals surface area contributed by atoms with Crippen LogP contribution in [0.4, 0.5) is 4.39 Å². The molecule has 0 aliphatic carbocycles. The Morgan fingerprint density at radius 1 is 1.38 bits per heavy atom.